The Balaban J connectivity index is 2.62. The zero-order valence-corrected chi connectivity index (χ0v) is 23.4. The molecular weight excluding hydrogens is 490 g/mol. The molecule has 212 valence electrons. The smallest absolute Gasteiger partial charge is 0.329 e. The molecule has 2 rings (SSSR count). The number of carboxylic acid groups (broad SMARTS) is 1. The fourth-order valence-corrected chi connectivity index (χ4v) is 4.69. The number of carboxylic acids is 1. The Morgan fingerprint density at radius 3 is 2.34 bits per heavy atom. The number of rotatable bonds is 12. The number of urea groups is 1. The molecule has 10 heteroatoms. The lowest BCUT2D eigenvalue weighted by atomic mass is 10.0. The molecule has 1 aromatic carbocycles. The summed E-state index contributed by atoms with van der Waals surface area (Å²) in [6.07, 6.45) is 2.89. The summed E-state index contributed by atoms with van der Waals surface area (Å²) >= 11 is 0. The minimum atomic E-state index is -1.79. The van der Waals surface area contributed by atoms with Crippen LogP contribution in [-0.4, -0.2) is 87.4 Å². The molecule has 3 amide bonds. The van der Waals surface area contributed by atoms with Gasteiger partial charge in [0, 0.05) is 32.9 Å². The van der Waals surface area contributed by atoms with E-state index in [9.17, 15) is 24.6 Å². The summed E-state index contributed by atoms with van der Waals surface area (Å²) in [4.78, 5) is 43.4. The fraction of sp³-hybridized carbons (Fsp3) is 0.607. The van der Waals surface area contributed by atoms with Crippen molar-refractivity contribution < 1.29 is 34.1 Å². The van der Waals surface area contributed by atoms with Gasteiger partial charge in [-0.15, -0.1) is 0 Å². The van der Waals surface area contributed by atoms with Crippen LogP contribution in [0.3, 0.4) is 0 Å². The molecule has 0 spiro atoms. The maximum Gasteiger partial charge on any atom is 0.329 e. The first-order chi connectivity index (χ1) is 18.0. The van der Waals surface area contributed by atoms with Crippen LogP contribution in [0.15, 0.2) is 36.7 Å². The molecule has 1 saturated heterocycles. The number of aryl methyl sites for hydroxylation is 1. The number of amides is 3. The van der Waals surface area contributed by atoms with E-state index in [1.54, 1.807) is 18.9 Å². The lowest BCUT2D eigenvalue weighted by molar-refractivity contribution is -0.154. The first kappa shape index (κ1) is 31.1. The van der Waals surface area contributed by atoms with E-state index in [0.29, 0.717) is 32.5 Å². The second-order valence-electron chi connectivity index (χ2n) is 10.0. The second kappa shape index (κ2) is 14.2. The third-order valence-electron chi connectivity index (χ3n) is 6.99. The molecule has 0 saturated carbocycles. The Hall–Kier alpha value is -3.11. The van der Waals surface area contributed by atoms with Gasteiger partial charge < -0.3 is 29.5 Å². The van der Waals surface area contributed by atoms with Crippen molar-refractivity contribution in [1.82, 2.24) is 14.7 Å². The number of nitrogens with zero attached hydrogens (tertiary/aromatic N) is 3. The highest BCUT2D eigenvalue weighted by atomic mass is 16.5. The van der Waals surface area contributed by atoms with Crippen LogP contribution in [0.2, 0.25) is 0 Å². The van der Waals surface area contributed by atoms with Gasteiger partial charge in [0.15, 0.2) is 0 Å². The topological polar surface area (TPSA) is 120 Å². The van der Waals surface area contributed by atoms with Gasteiger partial charge in [-0.1, -0.05) is 38.1 Å². The maximum atomic E-state index is 14.2. The molecule has 0 aliphatic carbocycles. The number of hydrogen-bond acceptors (Lipinski definition) is 7. The highest BCUT2D eigenvalue weighted by molar-refractivity contribution is 6.00. The first-order valence-corrected chi connectivity index (χ1v) is 13.2. The lowest BCUT2D eigenvalue weighted by Gasteiger charge is -2.44. The van der Waals surface area contributed by atoms with Crippen molar-refractivity contribution in [2.24, 2.45) is 0 Å². The van der Waals surface area contributed by atoms with E-state index in [1.165, 1.54) is 24.9 Å². The summed E-state index contributed by atoms with van der Waals surface area (Å²) in [6.45, 7) is 9.36. The van der Waals surface area contributed by atoms with E-state index in [-0.39, 0.29) is 19.1 Å². The van der Waals surface area contributed by atoms with E-state index in [0.717, 1.165) is 22.3 Å². The van der Waals surface area contributed by atoms with Gasteiger partial charge in [-0.2, -0.15) is 0 Å². The molecule has 1 aliphatic rings. The van der Waals surface area contributed by atoms with E-state index < -0.39 is 35.7 Å². The maximum absolute atomic E-state index is 14.2. The van der Waals surface area contributed by atoms with E-state index in [2.05, 4.69) is 0 Å². The van der Waals surface area contributed by atoms with Crippen LogP contribution in [0.4, 0.5) is 4.79 Å². The molecule has 2 atom stereocenters. The van der Waals surface area contributed by atoms with Gasteiger partial charge in [0.05, 0.1) is 18.9 Å². The third kappa shape index (κ3) is 7.48. The van der Waals surface area contributed by atoms with Gasteiger partial charge in [0.25, 0.3) is 0 Å². The lowest BCUT2D eigenvalue weighted by Crippen LogP contribution is -2.62. The van der Waals surface area contributed by atoms with Gasteiger partial charge in [-0.3, -0.25) is 4.79 Å². The summed E-state index contributed by atoms with van der Waals surface area (Å²) < 4.78 is 12.1. The zero-order valence-electron chi connectivity index (χ0n) is 23.4. The van der Waals surface area contributed by atoms with Crippen molar-refractivity contribution >= 4 is 17.9 Å². The number of ether oxygens (including phenoxy) is 2. The summed E-state index contributed by atoms with van der Waals surface area (Å²) in [5, 5.41) is 19.4. The molecule has 1 aliphatic heterocycles. The van der Waals surface area contributed by atoms with E-state index in [1.807, 2.05) is 38.1 Å². The fourth-order valence-electron chi connectivity index (χ4n) is 4.69. The molecule has 1 fully saturated rings. The van der Waals surface area contributed by atoms with E-state index in [4.69, 9.17) is 9.47 Å². The molecule has 38 heavy (non-hydrogen) atoms. The molecule has 0 aromatic heterocycles. The Labute approximate surface area is 225 Å². The van der Waals surface area contributed by atoms with Crippen LogP contribution in [0.5, 0.6) is 0 Å². The van der Waals surface area contributed by atoms with Crippen molar-refractivity contribution in [2.75, 3.05) is 26.8 Å². The minimum absolute atomic E-state index is 0.0424. The molecule has 1 aromatic rings. The number of aliphatic hydroxyl groups excluding tert-OH is 1. The molecule has 0 bridgehead atoms. The van der Waals surface area contributed by atoms with Crippen molar-refractivity contribution in [2.45, 2.75) is 84.2 Å². The number of benzene rings is 1. The first-order valence-electron chi connectivity index (χ1n) is 13.2. The second-order valence-corrected chi connectivity index (χ2v) is 10.0. The molecule has 0 radical (unpaired) electrons. The zero-order chi connectivity index (χ0) is 28.5. The van der Waals surface area contributed by atoms with Crippen LogP contribution < -0.4 is 0 Å². The number of carbonyl (C=O) groups excluding carboxylic acids is 2. The number of aliphatic hydroxyl groups is 1. The van der Waals surface area contributed by atoms with Crippen molar-refractivity contribution in [3.05, 3.63) is 47.9 Å². The van der Waals surface area contributed by atoms with Gasteiger partial charge in [-0.25, -0.2) is 14.5 Å². The average molecular weight is 534 g/mol. The molecule has 10 nitrogen and oxygen atoms in total. The predicted octanol–water partition coefficient (Wildman–Crippen LogP) is 4.45. The summed E-state index contributed by atoms with van der Waals surface area (Å²) in [5.41, 5.74) is 0.102. The van der Waals surface area contributed by atoms with Crippen molar-refractivity contribution in [3.63, 3.8) is 0 Å². The van der Waals surface area contributed by atoms with Crippen LogP contribution in [-0.2, 0) is 19.1 Å². The summed E-state index contributed by atoms with van der Waals surface area (Å²) in [6, 6.07) is 7.03. The highest BCUT2D eigenvalue weighted by Gasteiger charge is 2.45. The van der Waals surface area contributed by atoms with Crippen LogP contribution >= 0.6 is 0 Å². The Kier molecular flexibility index (Phi) is 11.6. The SMILES string of the molecule is CCC(=O)N(C(=O)N(C[C@H](OC1CCOCC1)c1ccccc1C)C(CC)N(C)/C=C\O)C(C)(C)C(=O)O. The largest absolute Gasteiger partial charge is 0.514 e. The summed E-state index contributed by atoms with van der Waals surface area (Å²) in [5.74, 6) is -1.89. The quantitative estimate of drug-likeness (QED) is 0.299. The Bertz CT molecular complexity index is 975. The Morgan fingerprint density at radius 2 is 1.82 bits per heavy atom. The van der Waals surface area contributed by atoms with Crippen molar-refractivity contribution in [1.29, 1.82) is 0 Å². The molecular formula is C28H43N3O7. The molecule has 1 unspecified atom stereocenters. The van der Waals surface area contributed by atoms with Crippen LogP contribution in [0, 0.1) is 6.92 Å². The van der Waals surface area contributed by atoms with Gasteiger partial charge in [0.1, 0.15) is 17.8 Å². The summed E-state index contributed by atoms with van der Waals surface area (Å²) in [7, 11) is 1.71. The van der Waals surface area contributed by atoms with Crippen molar-refractivity contribution in [3.8, 4) is 0 Å². The van der Waals surface area contributed by atoms with Crippen LogP contribution in [0.25, 0.3) is 0 Å². The minimum Gasteiger partial charge on any atom is -0.514 e. The van der Waals surface area contributed by atoms with Crippen LogP contribution in [0.1, 0.15) is 70.6 Å². The van der Waals surface area contributed by atoms with Gasteiger partial charge in [0.2, 0.25) is 5.91 Å². The van der Waals surface area contributed by atoms with Gasteiger partial charge >= 0.3 is 12.0 Å². The normalized spacial score (nSPS) is 16.2. The number of aliphatic carboxylic acids is 1. The van der Waals surface area contributed by atoms with E-state index >= 15 is 0 Å². The third-order valence-corrected chi connectivity index (χ3v) is 6.99. The molecule has 1 heterocycles. The highest BCUT2D eigenvalue weighted by Crippen LogP contribution is 2.30. The molecule has 2 N–H and O–H groups in total. The van der Waals surface area contributed by atoms with Gasteiger partial charge in [-0.05, 0) is 51.2 Å². The standard InChI is InChI=1S/C28H43N3O7/c1-7-24(29(6)15-16-32)30(27(36)31(25(33)8-2)28(4,5)26(34)35)19-23(22-12-10-9-11-20(22)3)38-21-13-17-37-18-14-21/h9-12,15-16,21,23-24,32H,7-8,13-14,17-19H2,1-6H3,(H,34,35)/b16-15-/t23-,24?/m0/s1. The number of imide groups is 1. The number of hydrogen-bond donors (Lipinski definition) is 2. The Morgan fingerprint density at radius 1 is 1.18 bits per heavy atom. The number of carbonyl (C=O) groups is 3. The predicted molar refractivity (Wildman–Crippen MR) is 143 cm³/mol. The monoisotopic (exact) mass is 533 g/mol. The average Bonchev–Trinajstić information content (AvgIpc) is 2.88.